The molecule has 2 atom stereocenters. The maximum absolute atomic E-state index is 9.77. The van der Waals surface area contributed by atoms with Gasteiger partial charge in [0, 0.05) is 12.6 Å². The predicted molar refractivity (Wildman–Crippen MR) is 60.0 cm³/mol. The zero-order valence-corrected chi connectivity index (χ0v) is 9.96. The molecule has 1 aromatic rings. The summed E-state index contributed by atoms with van der Waals surface area (Å²) in [5, 5.41) is 14.8. The molecule has 2 unspecified atom stereocenters. The van der Waals surface area contributed by atoms with Gasteiger partial charge in [-0.2, -0.15) is 5.10 Å². The average molecular weight is 229 g/mol. The summed E-state index contributed by atoms with van der Waals surface area (Å²) in [6.45, 7) is 1.97. The molecule has 84 valence electrons. The van der Waals surface area contributed by atoms with E-state index in [9.17, 15) is 5.11 Å². The minimum absolute atomic E-state index is 0.152. The summed E-state index contributed by atoms with van der Waals surface area (Å²) in [5.41, 5.74) is 2.09. The second kappa shape index (κ2) is 4.14. The summed E-state index contributed by atoms with van der Waals surface area (Å²) in [6, 6.07) is 0. The summed E-state index contributed by atoms with van der Waals surface area (Å²) >= 11 is 6.16. The van der Waals surface area contributed by atoms with Crippen molar-refractivity contribution in [1.29, 1.82) is 0 Å². The lowest BCUT2D eigenvalue weighted by Crippen LogP contribution is -2.15. The van der Waals surface area contributed by atoms with E-state index in [1.165, 1.54) is 0 Å². The van der Waals surface area contributed by atoms with E-state index in [0.29, 0.717) is 11.1 Å². The summed E-state index contributed by atoms with van der Waals surface area (Å²) in [6.07, 6.45) is 3.87. The number of halogens is 1. The Morgan fingerprint density at radius 2 is 2.27 bits per heavy atom. The fourth-order valence-electron chi connectivity index (χ4n) is 2.42. The first-order valence-corrected chi connectivity index (χ1v) is 5.83. The Morgan fingerprint density at radius 1 is 1.53 bits per heavy atom. The number of aromatic nitrogens is 2. The third-order valence-electron chi connectivity index (χ3n) is 3.36. The number of aryl methyl sites for hydroxylation is 2. The normalized spacial score (nSPS) is 26.1. The molecule has 0 aromatic carbocycles. The molecule has 0 amide bonds. The Morgan fingerprint density at radius 3 is 2.73 bits per heavy atom. The molecule has 0 saturated heterocycles. The number of aliphatic hydroxyl groups excluding tert-OH is 1. The van der Waals surface area contributed by atoms with E-state index in [4.69, 9.17) is 11.6 Å². The van der Waals surface area contributed by atoms with Crippen molar-refractivity contribution < 1.29 is 5.11 Å². The fourth-order valence-corrected chi connectivity index (χ4v) is 2.68. The number of nitrogens with zero attached hydrogens (tertiary/aromatic N) is 2. The minimum Gasteiger partial charge on any atom is -0.393 e. The van der Waals surface area contributed by atoms with Crippen LogP contribution in [-0.2, 0) is 13.5 Å². The van der Waals surface area contributed by atoms with Crippen LogP contribution in [0.1, 0.15) is 30.5 Å². The molecule has 0 radical (unpaired) electrons. The molecule has 1 saturated carbocycles. The van der Waals surface area contributed by atoms with Gasteiger partial charge >= 0.3 is 0 Å². The van der Waals surface area contributed by atoms with Crippen molar-refractivity contribution in [3.8, 4) is 0 Å². The third kappa shape index (κ3) is 2.04. The number of aliphatic hydroxyl groups is 1. The van der Waals surface area contributed by atoms with Crippen molar-refractivity contribution in [2.24, 2.45) is 13.0 Å². The van der Waals surface area contributed by atoms with Crippen molar-refractivity contribution in [1.82, 2.24) is 9.78 Å². The Kier molecular flexibility index (Phi) is 3.03. The molecule has 3 nitrogen and oxygen atoms in total. The van der Waals surface area contributed by atoms with Crippen molar-refractivity contribution in [2.45, 2.75) is 38.7 Å². The van der Waals surface area contributed by atoms with E-state index in [-0.39, 0.29) is 6.10 Å². The first kappa shape index (κ1) is 11.0. The van der Waals surface area contributed by atoms with Gasteiger partial charge in [0.15, 0.2) is 0 Å². The molecule has 1 heterocycles. The maximum Gasteiger partial charge on any atom is 0.130 e. The van der Waals surface area contributed by atoms with Crippen LogP contribution in [0.3, 0.4) is 0 Å². The molecule has 15 heavy (non-hydrogen) atoms. The van der Waals surface area contributed by atoms with Gasteiger partial charge in [0.2, 0.25) is 0 Å². The SMILES string of the molecule is Cc1nn(C)c(Cl)c1CC1CCCC1O. The Hall–Kier alpha value is -0.540. The average Bonchev–Trinajstić information content (AvgIpc) is 2.67. The summed E-state index contributed by atoms with van der Waals surface area (Å²) in [5.74, 6) is 0.366. The second-order valence-corrected chi connectivity index (χ2v) is 4.80. The van der Waals surface area contributed by atoms with Crippen LogP contribution in [-0.4, -0.2) is 21.0 Å². The van der Waals surface area contributed by atoms with Crippen LogP contribution in [0.25, 0.3) is 0 Å². The molecule has 1 aromatic heterocycles. The highest BCUT2D eigenvalue weighted by Gasteiger charge is 2.27. The molecule has 1 N–H and O–H groups in total. The van der Waals surface area contributed by atoms with E-state index in [1.54, 1.807) is 4.68 Å². The van der Waals surface area contributed by atoms with Crippen molar-refractivity contribution >= 4 is 11.6 Å². The van der Waals surface area contributed by atoms with Crippen LogP contribution < -0.4 is 0 Å². The zero-order valence-electron chi connectivity index (χ0n) is 9.20. The van der Waals surface area contributed by atoms with Crippen LogP contribution in [0.5, 0.6) is 0 Å². The minimum atomic E-state index is -0.152. The van der Waals surface area contributed by atoms with Gasteiger partial charge in [-0.15, -0.1) is 0 Å². The Balaban J connectivity index is 2.16. The number of hydrogen-bond acceptors (Lipinski definition) is 2. The van der Waals surface area contributed by atoms with Crippen molar-refractivity contribution in [3.63, 3.8) is 0 Å². The van der Waals surface area contributed by atoms with Gasteiger partial charge in [0.05, 0.1) is 11.8 Å². The van der Waals surface area contributed by atoms with Gasteiger partial charge < -0.3 is 5.11 Å². The van der Waals surface area contributed by atoms with Crippen molar-refractivity contribution in [2.75, 3.05) is 0 Å². The molecule has 0 aliphatic heterocycles. The Labute approximate surface area is 95.0 Å². The van der Waals surface area contributed by atoms with Gasteiger partial charge in [-0.1, -0.05) is 18.0 Å². The standard InChI is InChI=1S/C11H17ClN2O/c1-7-9(11(12)14(2)13-7)6-8-4-3-5-10(8)15/h8,10,15H,3-6H2,1-2H3. The number of rotatable bonds is 2. The first-order valence-electron chi connectivity index (χ1n) is 5.45. The molecular formula is C11H17ClN2O. The monoisotopic (exact) mass is 228 g/mol. The molecule has 0 bridgehead atoms. The second-order valence-electron chi connectivity index (χ2n) is 4.44. The van der Waals surface area contributed by atoms with Gasteiger partial charge in [0.1, 0.15) is 5.15 Å². The van der Waals surface area contributed by atoms with Gasteiger partial charge in [-0.25, -0.2) is 0 Å². The van der Waals surface area contributed by atoms with E-state index in [2.05, 4.69) is 5.10 Å². The fraction of sp³-hybridized carbons (Fsp3) is 0.727. The largest absolute Gasteiger partial charge is 0.393 e. The quantitative estimate of drug-likeness (QED) is 0.842. The van der Waals surface area contributed by atoms with Gasteiger partial charge in [0.25, 0.3) is 0 Å². The highest BCUT2D eigenvalue weighted by atomic mass is 35.5. The predicted octanol–water partition coefficient (Wildman–Crippen LogP) is 2.09. The van der Waals surface area contributed by atoms with Crippen LogP contribution in [0.15, 0.2) is 0 Å². The van der Waals surface area contributed by atoms with Crippen LogP contribution in [0, 0.1) is 12.8 Å². The lowest BCUT2D eigenvalue weighted by Gasteiger charge is -2.13. The first-order chi connectivity index (χ1) is 7.09. The van der Waals surface area contributed by atoms with Crippen LogP contribution in [0.4, 0.5) is 0 Å². The zero-order chi connectivity index (χ0) is 11.0. The molecule has 2 rings (SSSR count). The highest BCUT2D eigenvalue weighted by Crippen LogP contribution is 2.31. The lowest BCUT2D eigenvalue weighted by molar-refractivity contribution is 0.132. The molecule has 0 spiro atoms. The molecule has 4 heteroatoms. The topological polar surface area (TPSA) is 38.0 Å². The molecular weight excluding hydrogens is 212 g/mol. The van der Waals surface area contributed by atoms with Crippen molar-refractivity contribution in [3.05, 3.63) is 16.4 Å². The van der Waals surface area contributed by atoms with E-state index < -0.39 is 0 Å². The smallest absolute Gasteiger partial charge is 0.130 e. The molecule has 1 aliphatic carbocycles. The van der Waals surface area contributed by atoms with E-state index >= 15 is 0 Å². The summed E-state index contributed by atoms with van der Waals surface area (Å²) in [7, 11) is 1.85. The van der Waals surface area contributed by atoms with E-state index in [1.807, 2.05) is 14.0 Å². The van der Waals surface area contributed by atoms with Crippen LogP contribution >= 0.6 is 11.6 Å². The Bertz CT molecular complexity index is 362. The highest BCUT2D eigenvalue weighted by molar-refractivity contribution is 6.30. The number of hydrogen-bond donors (Lipinski definition) is 1. The summed E-state index contributed by atoms with van der Waals surface area (Å²) < 4.78 is 1.70. The van der Waals surface area contributed by atoms with Crippen LogP contribution in [0.2, 0.25) is 5.15 Å². The van der Waals surface area contributed by atoms with E-state index in [0.717, 1.165) is 36.9 Å². The van der Waals surface area contributed by atoms with Gasteiger partial charge in [-0.3, -0.25) is 4.68 Å². The molecule has 1 fully saturated rings. The maximum atomic E-state index is 9.77. The third-order valence-corrected chi connectivity index (χ3v) is 3.83. The molecule has 1 aliphatic rings. The van der Waals surface area contributed by atoms with Gasteiger partial charge in [-0.05, 0) is 32.1 Å². The summed E-state index contributed by atoms with van der Waals surface area (Å²) in [4.78, 5) is 0. The lowest BCUT2D eigenvalue weighted by atomic mass is 9.97.